The van der Waals surface area contributed by atoms with Crippen molar-refractivity contribution in [3.05, 3.63) is 29.3 Å². The van der Waals surface area contributed by atoms with Gasteiger partial charge in [0.2, 0.25) is 11.8 Å². The summed E-state index contributed by atoms with van der Waals surface area (Å²) in [7, 11) is 0. The van der Waals surface area contributed by atoms with E-state index >= 15 is 0 Å². The molecule has 3 atom stereocenters. The molecule has 2 aliphatic heterocycles. The molecule has 1 saturated heterocycles. The zero-order chi connectivity index (χ0) is 19.0. The van der Waals surface area contributed by atoms with Crippen molar-refractivity contribution in [1.29, 1.82) is 0 Å². The topological polar surface area (TPSA) is 90.5 Å². The van der Waals surface area contributed by atoms with E-state index in [0.717, 1.165) is 24.2 Å². The van der Waals surface area contributed by atoms with Gasteiger partial charge in [-0.2, -0.15) is 0 Å². The number of nitrogens with zero attached hydrogens (tertiary/aromatic N) is 1. The normalized spacial score (nSPS) is 27.7. The van der Waals surface area contributed by atoms with Gasteiger partial charge in [-0.3, -0.25) is 19.7 Å². The largest absolute Gasteiger partial charge is 0.381 e. The molecule has 3 N–H and O–H groups in total. The van der Waals surface area contributed by atoms with E-state index in [1.807, 2.05) is 18.2 Å². The summed E-state index contributed by atoms with van der Waals surface area (Å²) in [5, 5.41) is 9.49. The van der Waals surface area contributed by atoms with Crippen molar-refractivity contribution in [2.45, 2.75) is 63.7 Å². The molecule has 1 saturated carbocycles. The first kappa shape index (κ1) is 18.0. The minimum absolute atomic E-state index is 0.127. The number of carbonyl (C=O) groups is 3. The first-order chi connectivity index (χ1) is 13.1. The van der Waals surface area contributed by atoms with Crippen molar-refractivity contribution in [2.24, 2.45) is 0 Å². The predicted molar refractivity (Wildman–Crippen MR) is 101 cm³/mol. The first-order valence-electron chi connectivity index (χ1n) is 9.84. The van der Waals surface area contributed by atoms with Crippen molar-refractivity contribution >= 4 is 23.4 Å². The van der Waals surface area contributed by atoms with Crippen LogP contribution >= 0.6 is 0 Å². The highest BCUT2D eigenvalue weighted by molar-refractivity contribution is 6.05. The number of hydrogen-bond acceptors (Lipinski definition) is 5. The molecule has 1 unspecified atom stereocenters. The summed E-state index contributed by atoms with van der Waals surface area (Å²) in [5.74, 6) is -0.763. The monoisotopic (exact) mass is 370 g/mol. The molecule has 0 spiro atoms. The third-order valence-electron chi connectivity index (χ3n) is 5.86. The molecule has 3 amide bonds. The number of imide groups is 1. The van der Waals surface area contributed by atoms with Crippen LogP contribution in [0, 0.1) is 0 Å². The van der Waals surface area contributed by atoms with Crippen LogP contribution in [-0.4, -0.2) is 47.3 Å². The minimum Gasteiger partial charge on any atom is -0.381 e. The number of nitrogens with one attached hydrogen (secondary N) is 3. The standard InChI is InChI=1S/C20H26N4O3/c1-2-21-15-4-3-5-16(15)22-13-6-7-14-12(10-13)11-24(20(14)27)17-8-9-18(25)23-19(17)26/h6-7,10,15-17,21-22H,2-5,8-9,11H2,1H3,(H,23,25,26)/t15-,16+,17?/m0/s1. The highest BCUT2D eigenvalue weighted by atomic mass is 16.2. The molecule has 2 heterocycles. The second-order valence-electron chi connectivity index (χ2n) is 7.62. The molecular weight excluding hydrogens is 344 g/mol. The molecule has 0 bridgehead atoms. The molecule has 1 aromatic rings. The lowest BCUT2D eigenvalue weighted by molar-refractivity contribution is -0.136. The summed E-state index contributed by atoms with van der Waals surface area (Å²) in [6.07, 6.45) is 4.19. The van der Waals surface area contributed by atoms with Crippen LogP contribution < -0.4 is 16.0 Å². The van der Waals surface area contributed by atoms with Gasteiger partial charge >= 0.3 is 0 Å². The lowest BCUT2D eigenvalue weighted by Crippen LogP contribution is -2.52. The van der Waals surface area contributed by atoms with E-state index in [0.29, 0.717) is 30.6 Å². The maximum absolute atomic E-state index is 12.7. The Labute approximate surface area is 158 Å². The van der Waals surface area contributed by atoms with Crippen LogP contribution in [0.3, 0.4) is 0 Å². The van der Waals surface area contributed by atoms with Gasteiger partial charge in [0.1, 0.15) is 6.04 Å². The summed E-state index contributed by atoms with van der Waals surface area (Å²) in [6.45, 7) is 3.50. The maximum Gasteiger partial charge on any atom is 0.255 e. The fraction of sp³-hybridized carbons (Fsp3) is 0.550. The van der Waals surface area contributed by atoms with Crippen molar-refractivity contribution in [3.63, 3.8) is 0 Å². The van der Waals surface area contributed by atoms with E-state index in [2.05, 4.69) is 22.9 Å². The molecule has 3 aliphatic rings. The Kier molecular flexibility index (Phi) is 4.86. The van der Waals surface area contributed by atoms with Crippen LogP contribution in [0.4, 0.5) is 5.69 Å². The molecule has 0 aromatic heterocycles. The highest BCUT2D eigenvalue weighted by Gasteiger charge is 2.39. The Morgan fingerprint density at radius 1 is 1.15 bits per heavy atom. The fourth-order valence-corrected chi connectivity index (χ4v) is 4.52. The summed E-state index contributed by atoms with van der Waals surface area (Å²) in [4.78, 5) is 37.8. The number of hydrogen-bond donors (Lipinski definition) is 3. The smallest absolute Gasteiger partial charge is 0.255 e. The number of rotatable bonds is 5. The Balaban J connectivity index is 1.48. The van der Waals surface area contributed by atoms with E-state index in [-0.39, 0.29) is 24.1 Å². The van der Waals surface area contributed by atoms with E-state index in [1.165, 1.54) is 12.8 Å². The lowest BCUT2D eigenvalue weighted by Gasteiger charge is -2.29. The SMILES string of the molecule is CCN[C@H]1CCC[C@H]1Nc1ccc2c(c1)CN(C1CCC(=O)NC1=O)C2=O. The average Bonchev–Trinajstić information content (AvgIpc) is 3.20. The second-order valence-corrected chi connectivity index (χ2v) is 7.62. The van der Waals surface area contributed by atoms with E-state index in [4.69, 9.17) is 0 Å². The van der Waals surface area contributed by atoms with Gasteiger partial charge < -0.3 is 15.5 Å². The number of fused-ring (bicyclic) bond motifs is 1. The molecule has 7 nitrogen and oxygen atoms in total. The van der Waals surface area contributed by atoms with Crippen molar-refractivity contribution in [2.75, 3.05) is 11.9 Å². The van der Waals surface area contributed by atoms with Crippen LogP contribution in [0.1, 0.15) is 54.9 Å². The first-order valence-corrected chi connectivity index (χ1v) is 9.84. The van der Waals surface area contributed by atoms with Crippen LogP contribution in [0.2, 0.25) is 0 Å². The van der Waals surface area contributed by atoms with Gasteiger partial charge in [0.15, 0.2) is 0 Å². The number of likely N-dealkylation sites (N-methyl/N-ethyl adjacent to an activating group) is 1. The van der Waals surface area contributed by atoms with Crippen molar-refractivity contribution < 1.29 is 14.4 Å². The predicted octanol–water partition coefficient (Wildman–Crippen LogP) is 1.39. The van der Waals surface area contributed by atoms with E-state index in [9.17, 15) is 14.4 Å². The Morgan fingerprint density at radius 3 is 2.74 bits per heavy atom. The number of benzene rings is 1. The lowest BCUT2D eigenvalue weighted by atomic mass is 10.0. The van der Waals surface area contributed by atoms with Gasteiger partial charge in [-0.25, -0.2) is 0 Å². The molecule has 7 heteroatoms. The number of amides is 3. The van der Waals surface area contributed by atoms with E-state index in [1.54, 1.807) is 4.90 Å². The van der Waals surface area contributed by atoms with Crippen LogP contribution in [0.25, 0.3) is 0 Å². The summed E-state index contributed by atoms with van der Waals surface area (Å²) >= 11 is 0. The highest BCUT2D eigenvalue weighted by Crippen LogP contribution is 2.31. The van der Waals surface area contributed by atoms with Gasteiger partial charge in [-0.05, 0) is 56.0 Å². The van der Waals surface area contributed by atoms with E-state index < -0.39 is 6.04 Å². The third kappa shape index (κ3) is 3.43. The molecule has 4 rings (SSSR count). The third-order valence-corrected chi connectivity index (χ3v) is 5.86. The molecule has 2 fully saturated rings. The fourth-order valence-electron chi connectivity index (χ4n) is 4.52. The maximum atomic E-state index is 12.7. The molecule has 1 aromatic carbocycles. The second kappa shape index (κ2) is 7.31. The van der Waals surface area contributed by atoms with Gasteiger partial charge in [0, 0.05) is 36.3 Å². The Bertz CT molecular complexity index is 778. The van der Waals surface area contributed by atoms with Crippen molar-refractivity contribution in [3.8, 4) is 0 Å². The van der Waals surface area contributed by atoms with Gasteiger partial charge in [0.05, 0.1) is 0 Å². The van der Waals surface area contributed by atoms with Crippen LogP contribution in [0.15, 0.2) is 18.2 Å². The quantitative estimate of drug-likeness (QED) is 0.682. The minimum atomic E-state index is -0.563. The average molecular weight is 370 g/mol. The Hall–Kier alpha value is -2.41. The molecule has 144 valence electrons. The van der Waals surface area contributed by atoms with Crippen LogP contribution in [0.5, 0.6) is 0 Å². The van der Waals surface area contributed by atoms with Gasteiger partial charge in [-0.1, -0.05) is 6.92 Å². The summed E-state index contributed by atoms with van der Waals surface area (Å²) in [5.41, 5.74) is 2.61. The summed E-state index contributed by atoms with van der Waals surface area (Å²) in [6, 6.07) is 6.14. The van der Waals surface area contributed by atoms with Gasteiger partial charge in [0.25, 0.3) is 5.91 Å². The van der Waals surface area contributed by atoms with Crippen molar-refractivity contribution in [1.82, 2.24) is 15.5 Å². The number of anilines is 1. The zero-order valence-electron chi connectivity index (χ0n) is 15.6. The number of carbonyl (C=O) groups excluding carboxylic acids is 3. The number of piperidine rings is 1. The summed E-state index contributed by atoms with van der Waals surface area (Å²) < 4.78 is 0. The van der Waals surface area contributed by atoms with Gasteiger partial charge in [-0.15, -0.1) is 0 Å². The molecule has 27 heavy (non-hydrogen) atoms. The molecule has 1 aliphatic carbocycles. The van der Waals surface area contributed by atoms with Crippen LogP contribution in [-0.2, 0) is 16.1 Å². The Morgan fingerprint density at radius 2 is 1.96 bits per heavy atom. The molecular formula is C20H26N4O3. The zero-order valence-corrected chi connectivity index (χ0v) is 15.6. The molecule has 0 radical (unpaired) electrons.